The lowest BCUT2D eigenvalue weighted by molar-refractivity contribution is -0.123. The first-order valence-corrected chi connectivity index (χ1v) is 36.7. The van der Waals surface area contributed by atoms with E-state index in [0.717, 1.165) is 38.5 Å². The number of rotatable bonds is 69. The first-order valence-electron chi connectivity index (χ1n) is 36.7. The predicted octanol–water partition coefficient (Wildman–Crippen LogP) is 25.1. The number of hydrogen-bond donors (Lipinski definition) is 3. The summed E-state index contributed by atoms with van der Waals surface area (Å²) in [5.41, 5.74) is 0. The number of nitrogens with one attached hydrogen (secondary N) is 1. The van der Waals surface area contributed by atoms with Gasteiger partial charge in [-0.3, -0.25) is 4.79 Å². The number of aliphatic hydroxyl groups excluding tert-OH is 2. The van der Waals surface area contributed by atoms with Crippen molar-refractivity contribution in [3.05, 3.63) is 36.5 Å². The van der Waals surface area contributed by atoms with Crippen molar-refractivity contribution < 1.29 is 15.0 Å². The number of unbranched alkanes of at least 4 members (excludes halogenated alkanes) is 56. The first kappa shape index (κ1) is 77.6. The summed E-state index contributed by atoms with van der Waals surface area (Å²) in [4.78, 5) is 12.6. The van der Waals surface area contributed by atoms with Gasteiger partial charge < -0.3 is 15.5 Å². The maximum absolute atomic E-state index is 12.6. The summed E-state index contributed by atoms with van der Waals surface area (Å²) in [5.74, 6) is -0.0216. The molecule has 0 aliphatic heterocycles. The Morgan fingerprint density at radius 3 is 0.772 bits per heavy atom. The molecular formula is C75H145NO3. The predicted molar refractivity (Wildman–Crippen MR) is 355 cm³/mol. The van der Waals surface area contributed by atoms with E-state index in [9.17, 15) is 15.0 Å². The van der Waals surface area contributed by atoms with Crippen molar-refractivity contribution >= 4 is 5.91 Å². The van der Waals surface area contributed by atoms with Gasteiger partial charge in [0.25, 0.3) is 0 Å². The van der Waals surface area contributed by atoms with Gasteiger partial charge in [0.1, 0.15) is 0 Å². The minimum Gasteiger partial charge on any atom is -0.394 e. The molecule has 468 valence electrons. The van der Waals surface area contributed by atoms with Crippen LogP contribution in [0.3, 0.4) is 0 Å². The van der Waals surface area contributed by atoms with Crippen LogP contribution in [0.1, 0.15) is 418 Å². The van der Waals surface area contributed by atoms with Crippen LogP contribution in [0.5, 0.6) is 0 Å². The molecule has 4 heteroatoms. The van der Waals surface area contributed by atoms with Crippen molar-refractivity contribution in [2.75, 3.05) is 6.61 Å². The highest BCUT2D eigenvalue weighted by molar-refractivity contribution is 5.76. The van der Waals surface area contributed by atoms with Crippen molar-refractivity contribution in [3.8, 4) is 0 Å². The van der Waals surface area contributed by atoms with E-state index < -0.39 is 12.1 Å². The second-order valence-electron chi connectivity index (χ2n) is 25.4. The van der Waals surface area contributed by atoms with E-state index in [1.165, 1.54) is 353 Å². The van der Waals surface area contributed by atoms with Crippen LogP contribution in [-0.4, -0.2) is 34.9 Å². The largest absolute Gasteiger partial charge is 0.394 e. The number of carbonyl (C=O) groups is 1. The number of aliphatic hydroxyl groups is 2. The summed E-state index contributed by atoms with van der Waals surface area (Å²) in [6.07, 6.45) is 97.9. The molecule has 0 fully saturated rings. The number of allylic oxidation sites excluding steroid dienone is 6. The molecule has 0 bridgehead atoms. The van der Waals surface area contributed by atoms with Crippen LogP contribution < -0.4 is 5.32 Å². The fraction of sp³-hybridized carbons (Fsp3) is 0.907. The molecule has 0 heterocycles. The molecule has 0 aliphatic rings. The van der Waals surface area contributed by atoms with E-state index in [4.69, 9.17) is 0 Å². The Morgan fingerprint density at radius 2 is 0.519 bits per heavy atom. The molecule has 1 amide bonds. The van der Waals surface area contributed by atoms with Gasteiger partial charge >= 0.3 is 0 Å². The highest BCUT2D eigenvalue weighted by Gasteiger charge is 2.20. The van der Waals surface area contributed by atoms with Gasteiger partial charge in [-0.05, 0) is 51.4 Å². The Labute approximate surface area is 497 Å². The summed E-state index contributed by atoms with van der Waals surface area (Å²) in [6, 6.07) is -0.536. The van der Waals surface area contributed by atoms with Gasteiger partial charge in [-0.25, -0.2) is 0 Å². The van der Waals surface area contributed by atoms with Crippen LogP contribution in [0.15, 0.2) is 36.5 Å². The SMILES string of the molecule is CCCCCCC/C=C\C/C=C\C/C=C\CCCCCCCCCCCCCCCCCCCCCCCCCCC(=O)NC(CO)C(O)CCCCCCCCCCCCCCCCCCCCCCCCCCCCCC. The molecule has 0 aromatic heterocycles. The van der Waals surface area contributed by atoms with Gasteiger partial charge in [0.15, 0.2) is 0 Å². The van der Waals surface area contributed by atoms with Gasteiger partial charge in [-0.2, -0.15) is 0 Å². The van der Waals surface area contributed by atoms with Crippen LogP contribution in [-0.2, 0) is 4.79 Å². The number of amides is 1. The molecule has 2 atom stereocenters. The standard InChI is InChI=1S/C75H145NO3/c1-3-5-7-9-11-13-15-17-19-21-23-25-27-29-31-33-34-35-36-37-38-39-40-41-42-43-45-47-49-51-53-55-57-59-61-63-65-67-69-71-75(79)76-73(72-77)74(78)70-68-66-64-62-60-58-56-54-52-50-48-46-44-32-30-28-26-24-22-20-18-16-14-12-10-8-6-4-2/h15,17,21,23,27,29,73-74,77-78H,3-14,16,18-20,22,24-26,28,30-72H2,1-2H3,(H,76,79)/b17-15-,23-21-,29-27-. The summed E-state index contributed by atoms with van der Waals surface area (Å²) in [5, 5.41) is 23.5. The molecule has 0 spiro atoms. The summed E-state index contributed by atoms with van der Waals surface area (Å²) in [7, 11) is 0. The molecule has 0 radical (unpaired) electrons. The molecule has 0 aromatic rings. The third kappa shape index (κ3) is 67.3. The third-order valence-corrected chi connectivity index (χ3v) is 17.4. The van der Waals surface area contributed by atoms with Crippen LogP contribution >= 0.6 is 0 Å². The molecule has 0 saturated heterocycles. The van der Waals surface area contributed by atoms with Crippen molar-refractivity contribution in [1.29, 1.82) is 0 Å². The first-order chi connectivity index (χ1) is 39.2. The van der Waals surface area contributed by atoms with Crippen LogP contribution in [0.2, 0.25) is 0 Å². The van der Waals surface area contributed by atoms with E-state index in [1.807, 2.05) is 0 Å². The minimum atomic E-state index is -0.659. The lowest BCUT2D eigenvalue weighted by Gasteiger charge is -2.22. The molecule has 4 nitrogen and oxygen atoms in total. The monoisotopic (exact) mass is 1110 g/mol. The third-order valence-electron chi connectivity index (χ3n) is 17.4. The number of carbonyl (C=O) groups excluding carboxylic acids is 1. The van der Waals surface area contributed by atoms with Crippen molar-refractivity contribution in [3.63, 3.8) is 0 Å². The molecule has 3 N–H and O–H groups in total. The minimum absolute atomic E-state index is 0.0216. The lowest BCUT2D eigenvalue weighted by atomic mass is 10.0. The maximum atomic E-state index is 12.6. The Morgan fingerprint density at radius 1 is 0.304 bits per heavy atom. The highest BCUT2D eigenvalue weighted by Crippen LogP contribution is 2.20. The lowest BCUT2D eigenvalue weighted by Crippen LogP contribution is -2.45. The normalized spacial score (nSPS) is 12.8. The fourth-order valence-electron chi connectivity index (χ4n) is 11.8. The Hall–Kier alpha value is -1.39. The van der Waals surface area contributed by atoms with Crippen molar-refractivity contribution in [1.82, 2.24) is 5.32 Å². The van der Waals surface area contributed by atoms with Gasteiger partial charge in [0.2, 0.25) is 5.91 Å². The molecule has 0 aliphatic carbocycles. The van der Waals surface area contributed by atoms with E-state index in [2.05, 4.69) is 55.6 Å². The van der Waals surface area contributed by atoms with Crippen LogP contribution in [0, 0.1) is 0 Å². The average Bonchev–Trinajstić information content (AvgIpc) is 3.45. The zero-order valence-corrected chi connectivity index (χ0v) is 54.2. The van der Waals surface area contributed by atoms with Crippen LogP contribution in [0.4, 0.5) is 0 Å². The summed E-state index contributed by atoms with van der Waals surface area (Å²) < 4.78 is 0. The Kier molecular flexibility index (Phi) is 69.6. The average molecular weight is 1110 g/mol. The maximum Gasteiger partial charge on any atom is 0.220 e. The van der Waals surface area contributed by atoms with Crippen molar-refractivity contribution in [2.24, 2.45) is 0 Å². The smallest absolute Gasteiger partial charge is 0.220 e. The summed E-state index contributed by atoms with van der Waals surface area (Å²) >= 11 is 0. The van der Waals surface area contributed by atoms with Crippen LogP contribution in [0.25, 0.3) is 0 Å². The highest BCUT2D eigenvalue weighted by atomic mass is 16.3. The zero-order valence-electron chi connectivity index (χ0n) is 54.2. The zero-order chi connectivity index (χ0) is 56.9. The van der Waals surface area contributed by atoms with Gasteiger partial charge in [-0.15, -0.1) is 0 Å². The molecule has 0 aromatic carbocycles. The van der Waals surface area contributed by atoms with E-state index in [-0.39, 0.29) is 12.5 Å². The van der Waals surface area contributed by atoms with E-state index in [1.54, 1.807) is 0 Å². The van der Waals surface area contributed by atoms with E-state index in [0.29, 0.717) is 12.8 Å². The second kappa shape index (κ2) is 70.9. The Bertz CT molecular complexity index is 1210. The summed E-state index contributed by atoms with van der Waals surface area (Å²) in [6.45, 7) is 4.40. The molecular weight excluding hydrogens is 963 g/mol. The van der Waals surface area contributed by atoms with Gasteiger partial charge in [0.05, 0.1) is 18.8 Å². The topological polar surface area (TPSA) is 69.6 Å². The molecule has 79 heavy (non-hydrogen) atoms. The van der Waals surface area contributed by atoms with E-state index >= 15 is 0 Å². The fourth-order valence-corrected chi connectivity index (χ4v) is 11.8. The Balaban J connectivity index is 3.37. The molecule has 2 unspecified atom stereocenters. The second-order valence-corrected chi connectivity index (χ2v) is 25.4. The molecule has 0 saturated carbocycles. The van der Waals surface area contributed by atoms with Crippen molar-refractivity contribution in [2.45, 2.75) is 431 Å². The van der Waals surface area contributed by atoms with Gasteiger partial charge in [0, 0.05) is 6.42 Å². The van der Waals surface area contributed by atoms with Gasteiger partial charge in [-0.1, -0.05) is 397 Å². The molecule has 0 rings (SSSR count). The number of hydrogen-bond acceptors (Lipinski definition) is 3. The quantitative estimate of drug-likeness (QED) is 0.0420.